The van der Waals surface area contributed by atoms with Crippen molar-refractivity contribution in [2.75, 3.05) is 12.3 Å². The van der Waals surface area contributed by atoms with Gasteiger partial charge in [0.2, 0.25) is 0 Å². The Hall–Kier alpha value is -0.0000000000000000555. The van der Waals surface area contributed by atoms with E-state index >= 15 is 0 Å². The zero-order chi connectivity index (χ0) is 11.4. The van der Waals surface area contributed by atoms with Gasteiger partial charge in [-0.15, -0.1) is 0 Å². The Morgan fingerprint density at radius 1 is 1.75 bits per heavy atom. The van der Waals surface area contributed by atoms with Gasteiger partial charge in [0.25, 0.3) is 0 Å². The summed E-state index contributed by atoms with van der Waals surface area (Å²) in [6.45, 7) is 4.28. The van der Waals surface area contributed by atoms with Crippen molar-refractivity contribution in [3.8, 4) is 0 Å². The zero-order valence-electron chi connectivity index (χ0n) is 9.53. The number of thioether (sulfide) groups is 1. The van der Waals surface area contributed by atoms with Gasteiger partial charge in [0, 0.05) is 24.0 Å². The minimum atomic E-state index is 0.480. The number of nitrogens with one attached hydrogen (secondary N) is 1. The van der Waals surface area contributed by atoms with E-state index in [1.54, 1.807) is 0 Å². The van der Waals surface area contributed by atoms with E-state index in [-0.39, 0.29) is 0 Å². The lowest BCUT2D eigenvalue weighted by Crippen LogP contribution is -2.34. The van der Waals surface area contributed by atoms with Gasteiger partial charge in [-0.1, -0.05) is 0 Å². The third-order valence-corrected chi connectivity index (χ3v) is 4.59. The Bertz CT molecular complexity index is 323. The van der Waals surface area contributed by atoms with E-state index in [0.29, 0.717) is 6.04 Å². The monoisotopic (exact) mass is 303 g/mol. The second-order valence-electron chi connectivity index (χ2n) is 4.32. The highest BCUT2D eigenvalue weighted by molar-refractivity contribution is 9.10. The number of halogens is 1. The third-order valence-electron chi connectivity index (χ3n) is 2.78. The molecule has 0 aromatic carbocycles. The average molecular weight is 304 g/mol. The SMILES string of the molecule is CC(Cn1cc(Br)cn1)NCC1CCCS1. The molecule has 90 valence electrons. The molecule has 0 saturated carbocycles. The molecule has 1 aromatic rings. The van der Waals surface area contributed by atoms with Crippen molar-refractivity contribution < 1.29 is 0 Å². The number of hydrogen-bond donors (Lipinski definition) is 1. The lowest BCUT2D eigenvalue weighted by Gasteiger charge is -2.16. The van der Waals surface area contributed by atoms with Gasteiger partial charge in [0.15, 0.2) is 0 Å². The molecule has 2 atom stereocenters. The van der Waals surface area contributed by atoms with Crippen molar-refractivity contribution in [3.05, 3.63) is 16.9 Å². The molecular weight excluding hydrogens is 286 g/mol. The van der Waals surface area contributed by atoms with Crippen molar-refractivity contribution in [2.45, 2.75) is 37.6 Å². The second-order valence-corrected chi connectivity index (χ2v) is 6.65. The van der Waals surface area contributed by atoms with E-state index in [4.69, 9.17) is 0 Å². The Morgan fingerprint density at radius 2 is 2.62 bits per heavy atom. The lowest BCUT2D eigenvalue weighted by atomic mass is 10.2. The maximum atomic E-state index is 4.26. The summed E-state index contributed by atoms with van der Waals surface area (Å²) in [6, 6.07) is 0.480. The molecule has 0 bridgehead atoms. The molecule has 0 spiro atoms. The van der Waals surface area contributed by atoms with E-state index in [2.05, 4.69) is 45.0 Å². The van der Waals surface area contributed by atoms with Crippen LogP contribution in [-0.4, -0.2) is 33.4 Å². The van der Waals surface area contributed by atoms with E-state index in [1.165, 1.54) is 18.6 Å². The second kappa shape index (κ2) is 6.07. The van der Waals surface area contributed by atoms with Crippen LogP contribution in [0.15, 0.2) is 16.9 Å². The fourth-order valence-electron chi connectivity index (χ4n) is 1.92. The maximum absolute atomic E-state index is 4.26. The van der Waals surface area contributed by atoms with E-state index in [0.717, 1.165) is 22.8 Å². The highest BCUT2D eigenvalue weighted by Gasteiger charge is 2.16. The number of rotatable bonds is 5. The fourth-order valence-corrected chi connectivity index (χ4v) is 3.46. The Balaban J connectivity index is 1.69. The molecule has 5 heteroatoms. The molecule has 0 amide bonds. The normalized spacial score (nSPS) is 22.5. The molecule has 1 aliphatic rings. The van der Waals surface area contributed by atoms with Crippen molar-refractivity contribution in [3.63, 3.8) is 0 Å². The molecule has 1 saturated heterocycles. The summed E-state index contributed by atoms with van der Waals surface area (Å²) in [7, 11) is 0. The standard InChI is InChI=1S/C11H18BrN3S/c1-9(7-15-8-10(12)5-14-15)13-6-11-3-2-4-16-11/h5,8-9,11,13H,2-4,6-7H2,1H3. The van der Waals surface area contributed by atoms with Crippen LogP contribution in [0.5, 0.6) is 0 Å². The summed E-state index contributed by atoms with van der Waals surface area (Å²) in [6.07, 6.45) is 6.61. The van der Waals surface area contributed by atoms with Crippen LogP contribution in [0, 0.1) is 0 Å². The van der Waals surface area contributed by atoms with Crippen molar-refractivity contribution in [1.29, 1.82) is 0 Å². The van der Waals surface area contributed by atoms with Crippen LogP contribution in [-0.2, 0) is 6.54 Å². The van der Waals surface area contributed by atoms with Gasteiger partial charge >= 0.3 is 0 Å². The van der Waals surface area contributed by atoms with Gasteiger partial charge in [-0.05, 0) is 41.4 Å². The summed E-state index contributed by atoms with van der Waals surface area (Å²) in [5, 5.41) is 8.67. The molecule has 2 rings (SSSR count). The highest BCUT2D eigenvalue weighted by Crippen LogP contribution is 2.25. The smallest absolute Gasteiger partial charge is 0.0632 e. The van der Waals surface area contributed by atoms with Crippen LogP contribution in [0.1, 0.15) is 19.8 Å². The lowest BCUT2D eigenvalue weighted by molar-refractivity contribution is 0.449. The van der Waals surface area contributed by atoms with Crippen molar-refractivity contribution in [1.82, 2.24) is 15.1 Å². The van der Waals surface area contributed by atoms with E-state index in [9.17, 15) is 0 Å². The zero-order valence-corrected chi connectivity index (χ0v) is 11.9. The van der Waals surface area contributed by atoms with Gasteiger partial charge in [-0.3, -0.25) is 4.68 Å². The molecule has 2 heterocycles. The van der Waals surface area contributed by atoms with Gasteiger partial charge in [-0.2, -0.15) is 16.9 Å². The minimum absolute atomic E-state index is 0.480. The molecular formula is C11H18BrN3S. The molecule has 1 fully saturated rings. The van der Waals surface area contributed by atoms with Crippen LogP contribution in [0.25, 0.3) is 0 Å². The van der Waals surface area contributed by atoms with Crippen molar-refractivity contribution in [2.24, 2.45) is 0 Å². The minimum Gasteiger partial charge on any atom is -0.311 e. The predicted octanol–water partition coefficient (Wildman–Crippen LogP) is 2.52. The average Bonchev–Trinajstić information content (AvgIpc) is 2.87. The Labute approximate surface area is 109 Å². The summed E-state index contributed by atoms with van der Waals surface area (Å²) < 4.78 is 3.02. The summed E-state index contributed by atoms with van der Waals surface area (Å²) in [4.78, 5) is 0. The van der Waals surface area contributed by atoms with Crippen LogP contribution < -0.4 is 5.32 Å². The molecule has 0 aliphatic carbocycles. The van der Waals surface area contributed by atoms with Gasteiger partial charge in [-0.25, -0.2) is 0 Å². The number of hydrogen-bond acceptors (Lipinski definition) is 3. The molecule has 2 unspecified atom stereocenters. The van der Waals surface area contributed by atoms with Crippen LogP contribution in [0.3, 0.4) is 0 Å². The predicted molar refractivity (Wildman–Crippen MR) is 72.9 cm³/mol. The first-order valence-electron chi connectivity index (χ1n) is 5.77. The summed E-state index contributed by atoms with van der Waals surface area (Å²) in [5.41, 5.74) is 0. The van der Waals surface area contributed by atoms with E-state index < -0.39 is 0 Å². The van der Waals surface area contributed by atoms with Crippen LogP contribution >= 0.6 is 27.7 Å². The van der Waals surface area contributed by atoms with Gasteiger partial charge in [0.1, 0.15) is 0 Å². The topological polar surface area (TPSA) is 29.9 Å². The molecule has 16 heavy (non-hydrogen) atoms. The molecule has 1 aromatic heterocycles. The van der Waals surface area contributed by atoms with E-state index in [1.807, 2.05) is 17.1 Å². The third kappa shape index (κ3) is 3.79. The molecule has 1 N–H and O–H groups in total. The largest absolute Gasteiger partial charge is 0.311 e. The van der Waals surface area contributed by atoms with Crippen LogP contribution in [0.4, 0.5) is 0 Å². The number of aromatic nitrogens is 2. The Morgan fingerprint density at radius 3 is 3.25 bits per heavy atom. The number of nitrogens with zero attached hydrogens (tertiary/aromatic N) is 2. The maximum Gasteiger partial charge on any atom is 0.0632 e. The quantitative estimate of drug-likeness (QED) is 0.906. The van der Waals surface area contributed by atoms with Gasteiger partial charge in [0.05, 0.1) is 17.2 Å². The molecule has 1 aliphatic heterocycles. The van der Waals surface area contributed by atoms with Crippen molar-refractivity contribution >= 4 is 27.7 Å². The first-order chi connectivity index (χ1) is 7.74. The first kappa shape index (κ1) is 12.5. The summed E-state index contributed by atoms with van der Waals surface area (Å²) >= 11 is 5.51. The summed E-state index contributed by atoms with van der Waals surface area (Å²) in [5.74, 6) is 1.34. The van der Waals surface area contributed by atoms with Crippen LogP contribution in [0.2, 0.25) is 0 Å². The molecule has 3 nitrogen and oxygen atoms in total. The molecule has 0 radical (unpaired) electrons. The first-order valence-corrected chi connectivity index (χ1v) is 7.61. The highest BCUT2D eigenvalue weighted by atomic mass is 79.9. The van der Waals surface area contributed by atoms with Gasteiger partial charge < -0.3 is 5.32 Å². The fraction of sp³-hybridized carbons (Fsp3) is 0.727. The Kier molecular flexibility index (Phi) is 4.73.